The number of sulfonamides is 1. The van der Waals surface area contributed by atoms with E-state index >= 15 is 0 Å². The fourth-order valence-corrected chi connectivity index (χ4v) is 8.38. The van der Waals surface area contributed by atoms with Crippen molar-refractivity contribution in [1.29, 1.82) is 0 Å². The number of hydrogen-bond donors (Lipinski definition) is 1. The summed E-state index contributed by atoms with van der Waals surface area (Å²) in [4.78, 5) is 11.9. The van der Waals surface area contributed by atoms with Crippen LogP contribution in [0.2, 0.25) is 0 Å². The van der Waals surface area contributed by atoms with Crippen LogP contribution in [0.25, 0.3) is 0 Å². The summed E-state index contributed by atoms with van der Waals surface area (Å²) >= 11 is -2.73. The van der Waals surface area contributed by atoms with E-state index in [1.54, 1.807) is 36.4 Å². The molecule has 0 aliphatic carbocycles. The molecular formula is C14H12INO4S. The summed E-state index contributed by atoms with van der Waals surface area (Å²) < 4.78 is 33.2. The van der Waals surface area contributed by atoms with E-state index in [4.69, 9.17) is 3.07 Å². The molecule has 0 spiro atoms. The fraction of sp³-hybridized carbons (Fsp3) is 0.0714. The summed E-state index contributed by atoms with van der Waals surface area (Å²) in [5, 5.41) is 0. The normalized spacial score (nSPS) is 15.7. The van der Waals surface area contributed by atoms with Gasteiger partial charge in [-0.2, -0.15) is 0 Å². The molecule has 5 nitrogen and oxygen atoms in total. The van der Waals surface area contributed by atoms with E-state index in [0.29, 0.717) is 9.13 Å². The summed E-state index contributed by atoms with van der Waals surface area (Å²) in [6.07, 6.45) is 0. The molecule has 0 saturated heterocycles. The van der Waals surface area contributed by atoms with Crippen LogP contribution in [-0.4, -0.2) is 14.4 Å². The number of carbonyl (C=O) groups is 1. The van der Waals surface area contributed by atoms with Crippen LogP contribution in [0.1, 0.15) is 15.9 Å². The van der Waals surface area contributed by atoms with Gasteiger partial charge in [0.05, 0.1) is 0 Å². The van der Waals surface area contributed by atoms with Gasteiger partial charge in [0, 0.05) is 0 Å². The predicted octanol–water partition coefficient (Wildman–Crippen LogP) is 2.65. The van der Waals surface area contributed by atoms with Gasteiger partial charge >= 0.3 is 131 Å². The maximum atomic E-state index is 12.4. The molecule has 110 valence electrons. The zero-order valence-electron chi connectivity index (χ0n) is 11.0. The summed E-state index contributed by atoms with van der Waals surface area (Å²) in [7, 11) is -3.68. The van der Waals surface area contributed by atoms with Gasteiger partial charge in [-0.15, -0.1) is 0 Å². The predicted molar refractivity (Wildman–Crippen MR) is 86.1 cm³/mol. The molecule has 1 aliphatic heterocycles. The fourth-order valence-electron chi connectivity index (χ4n) is 1.84. The number of halogens is 1. The molecule has 0 fully saturated rings. The van der Waals surface area contributed by atoms with Crippen LogP contribution in [0.4, 0.5) is 0 Å². The van der Waals surface area contributed by atoms with Gasteiger partial charge in [0.1, 0.15) is 0 Å². The molecule has 0 amide bonds. The Kier molecular flexibility index (Phi) is 3.72. The van der Waals surface area contributed by atoms with Crippen molar-refractivity contribution in [1.82, 2.24) is 2.94 Å². The van der Waals surface area contributed by atoms with Crippen molar-refractivity contribution in [3.05, 3.63) is 63.2 Å². The van der Waals surface area contributed by atoms with Crippen LogP contribution in [-0.2, 0) is 13.1 Å². The molecule has 7 heteroatoms. The molecule has 1 N–H and O–H groups in total. The average Bonchev–Trinajstić information content (AvgIpc) is 2.76. The molecule has 0 saturated carbocycles. The molecule has 0 radical (unpaired) electrons. The molecule has 0 bridgehead atoms. The first-order valence-electron chi connectivity index (χ1n) is 6.08. The van der Waals surface area contributed by atoms with Crippen molar-refractivity contribution in [2.24, 2.45) is 0 Å². The summed E-state index contributed by atoms with van der Waals surface area (Å²) in [6, 6.07) is 13.4. The Balaban J connectivity index is 1.91. The zero-order chi connectivity index (χ0) is 15.0. The SMILES string of the molecule is Cc1ccc(S(=O)(=O)NI2OC(=O)c3ccccc32)cc1. The van der Waals surface area contributed by atoms with Gasteiger partial charge in [-0.05, 0) is 0 Å². The third-order valence-corrected chi connectivity index (χ3v) is 9.94. The number of rotatable bonds is 3. The van der Waals surface area contributed by atoms with Crippen LogP contribution < -0.4 is 2.94 Å². The van der Waals surface area contributed by atoms with Crippen molar-refractivity contribution in [2.75, 3.05) is 0 Å². The second-order valence-corrected chi connectivity index (χ2v) is 10.5. The Labute approximate surface area is 130 Å². The Morgan fingerprint density at radius 3 is 2.43 bits per heavy atom. The van der Waals surface area contributed by atoms with Gasteiger partial charge in [0.2, 0.25) is 0 Å². The Bertz CT molecular complexity index is 802. The van der Waals surface area contributed by atoms with Gasteiger partial charge in [-0.3, -0.25) is 0 Å². The first-order chi connectivity index (χ1) is 9.97. The number of carbonyl (C=O) groups excluding carboxylic acids is 1. The van der Waals surface area contributed by atoms with Gasteiger partial charge in [-0.25, -0.2) is 0 Å². The Hall–Kier alpha value is -1.45. The minimum atomic E-state index is -3.68. The first-order valence-corrected chi connectivity index (χ1v) is 10.6. The van der Waals surface area contributed by atoms with Crippen molar-refractivity contribution < 1.29 is 16.3 Å². The molecule has 21 heavy (non-hydrogen) atoms. The molecule has 0 unspecified atom stereocenters. The molecule has 3 rings (SSSR count). The van der Waals surface area contributed by atoms with Gasteiger partial charge in [0.15, 0.2) is 0 Å². The van der Waals surface area contributed by atoms with Crippen LogP contribution in [0.15, 0.2) is 53.4 Å². The molecule has 0 aromatic heterocycles. The quantitative estimate of drug-likeness (QED) is 0.616. The molecular weight excluding hydrogens is 405 g/mol. The summed E-state index contributed by atoms with van der Waals surface area (Å²) in [5.41, 5.74) is 1.43. The minimum absolute atomic E-state index is 0.172. The first kappa shape index (κ1) is 14.5. The Morgan fingerprint density at radius 1 is 1.05 bits per heavy atom. The van der Waals surface area contributed by atoms with Crippen molar-refractivity contribution in [3.63, 3.8) is 0 Å². The van der Waals surface area contributed by atoms with Crippen molar-refractivity contribution in [3.8, 4) is 0 Å². The molecule has 2 aromatic carbocycles. The van der Waals surface area contributed by atoms with E-state index in [1.807, 2.05) is 6.92 Å². The number of hydrogen-bond acceptors (Lipinski definition) is 4. The monoisotopic (exact) mass is 417 g/mol. The third kappa shape index (κ3) is 2.81. The second-order valence-electron chi connectivity index (χ2n) is 4.49. The Morgan fingerprint density at radius 2 is 1.71 bits per heavy atom. The van der Waals surface area contributed by atoms with Gasteiger partial charge in [0.25, 0.3) is 0 Å². The van der Waals surface area contributed by atoms with Crippen LogP contribution in [0, 0.1) is 10.5 Å². The average molecular weight is 417 g/mol. The van der Waals surface area contributed by atoms with Gasteiger partial charge < -0.3 is 0 Å². The van der Waals surface area contributed by atoms with E-state index in [0.717, 1.165) is 5.56 Å². The third-order valence-electron chi connectivity index (χ3n) is 2.93. The van der Waals surface area contributed by atoms with Crippen molar-refractivity contribution in [2.45, 2.75) is 11.8 Å². The van der Waals surface area contributed by atoms with E-state index in [2.05, 4.69) is 2.94 Å². The molecule has 0 atom stereocenters. The van der Waals surface area contributed by atoms with Crippen LogP contribution in [0.5, 0.6) is 0 Å². The van der Waals surface area contributed by atoms with Crippen LogP contribution in [0.3, 0.4) is 0 Å². The summed E-state index contributed by atoms with van der Waals surface area (Å²) in [5.74, 6) is -0.456. The van der Waals surface area contributed by atoms with E-state index in [9.17, 15) is 13.2 Å². The van der Waals surface area contributed by atoms with Crippen LogP contribution >= 0.6 is 20.5 Å². The topological polar surface area (TPSA) is 72.5 Å². The van der Waals surface area contributed by atoms with E-state index < -0.39 is 36.5 Å². The molecule has 1 aliphatic rings. The zero-order valence-corrected chi connectivity index (χ0v) is 14.0. The number of nitrogens with one attached hydrogen (secondary N) is 1. The maximum absolute atomic E-state index is 12.4. The second kappa shape index (κ2) is 5.39. The molecule has 2 aromatic rings. The van der Waals surface area contributed by atoms with Gasteiger partial charge in [-0.1, -0.05) is 0 Å². The van der Waals surface area contributed by atoms with E-state index in [-0.39, 0.29) is 4.90 Å². The van der Waals surface area contributed by atoms with E-state index in [1.165, 1.54) is 12.1 Å². The number of benzene rings is 2. The number of fused-ring (bicyclic) bond motifs is 1. The van der Waals surface area contributed by atoms with Crippen molar-refractivity contribution >= 4 is 36.5 Å². The summed E-state index contributed by atoms with van der Waals surface area (Å²) in [6.45, 7) is 1.88. The standard InChI is InChI=1S/C14H12INO4S/c1-10-6-8-11(9-7-10)21(18,19)16-15-13-5-3-2-4-12(13)14(17)20-15/h2-9,16H,1H3. The molecule has 1 heterocycles. The number of aryl methyl sites for hydroxylation is 1.